The van der Waals surface area contributed by atoms with Gasteiger partial charge in [0.2, 0.25) is 0 Å². The first-order valence-corrected chi connectivity index (χ1v) is 20.5. The predicted octanol–water partition coefficient (Wildman–Crippen LogP) is 15.3. The van der Waals surface area contributed by atoms with E-state index in [1.165, 1.54) is 109 Å². The molecular formula is C55H35NS. The van der Waals surface area contributed by atoms with Gasteiger partial charge in [-0.25, -0.2) is 0 Å². The van der Waals surface area contributed by atoms with Gasteiger partial charge in [-0.3, -0.25) is 0 Å². The Morgan fingerprint density at radius 3 is 1.70 bits per heavy atom. The van der Waals surface area contributed by atoms with Gasteiger partial charge in [-0.2, -0.15) is 0 Å². The summed E-state index contributed by atoms with van der Waals surface area (Å²) in [5.74, 6) is 0.198. The van der Waals surface area contributed by atoms with Gasteiger partial charge in [-0.05, 0) is 110 Å². The molecule has 0 N–H and O–H groups in total. The number of hydrogen-bond acceptors (Lipinski definition) is 1. The molecule has 1 nitrogen and oxygen atoms in total. The highest BCUT2D eigenvalue weighted by atomic mass is 32.1. The van der Waals surface area contributed by atoms with E-state index in [0.29, 0.717) is 0 Å². The monoisotopic (exact) mass is 741 g/mol. The van der Waals surface area contributed by atoms with Crippen molar-refractivity contribution in [2.24, 2.45) is 0 Å². The molecule has 0 amide bonds. The molecule has 266 valence electrons. The molecular weight excluding hydrogens is 707 g/mol. The lowest BCUT2D eigenvalue weighted by Gasteiger charge is -2.15. The standard InChI is InChI=1S/C55H35NS/c1-3-11-35(12-4-1)37-19-21-39(22-20-37)53-44-16-8-7-15-43(44)47-33-40(25-29-45(47)53)41-26-30-49-48(34-41)54-50(31-32-52-55(54)46-17-9-10-18-51(46)57-52)56(49)42-27-23-38(24-28-42)36-13-5-2-6-14-36/h1-34,53H. The minimum Gasteiger partial charge on any atom is -0.309 e. The van der Waals surface area contributed by atoms with Gasteiger partial charge in [0.1, 0.15) is 0 Å². The lowest BCUT2D eigenvalue weighted by molar-refractivity contribution is 1.02. The van der Waals surface area contributed by atoms with Crippen LogP contribution in [0.15, 0.2) is 206 Å². The number of nitrogens with zero attached hydrogens (tertiary/aromatic N) is 1. The molecule has 12 rings (SSSR count). The maximum Gasteiger partial charge on any atom is 0.0548 e. The fourth-order valence-corrected chi connectivity index (χ4v) is 10.6. The largest absolute Gasteiger partial charge is 0.309 e. The summed E-state index contributed by atoms with van der Waals surface area (Å²) in [6.45, 7) is 0. The van der Waals surface area contributed by atoms with Crippen LogP contribution in [0.25, 0.3) is 92.2 Å². The SMILES string of the molecule is c1ccc(-c2ccc(C3c4ccccc4-c4cc(-c5ccc6c(c5)c5c7c(ccc5n6-c5ccc(-c6ccccc6)cc5)sc5ccccc57)ccc43)cc2)cc1. The van der Waals surface area contributed by atoms with Crippen molar-refractivity contribution < 1.29 is 0 Å². The Labute approximate surface area is 335 Å². The third kappa shape index (κ3) is 5.08. The molecule has 0 aliphatic heterocycles. The van der Waals surface area contributed by atoms with Gasteiger partial charge in [0.25, 0.3) is 0 Å². The second-order valence-corrected chi connectivity index (χ2v) is 16.3. The van der Waals surface area contributed by atoms with Crippen LogP contribution in [0.2, 0.25) is 0 Å². The summed E-state index contributed by atoms with van der Waals surface area (Å²) >= 11 is 1.89. The molecule has 11 aromatic rings. The average molecular weight is 742 g/mol. The molecule has 1 unspecified atom stereocenters. The van der Waals surface area contributed by atoms with Crippen molar-refractivity contribution >= 4 is 53.3 Å². The van der Waals surface area contributed by atoms with Crippen LogP contribution in [0.4, 0.5) is 0 Å². The number of aromatic nitrogens is 1. The van der Waals surface area contributed by atoms with Crippen molar-refractivity contribution in [3.8, 4) is 50.2 Å². The first-order chi connectivity index (χ1) is 28.3. The molecule has 0 saturated carbocycles. The van der Waals surface area contributed by atoms with E-state index in [-0.39, 0.29) is 5.92 Å². The van der Waals surface area contributed by atoms with Crippen molar-refractivity contribution in [2.75, 3.05) is 0 Å². The van der Waals surface area contributed by atoms with Gasteiger partial charge in [0.05, 0.1) is 11.0 Å². The summed E-state index contributed by atoms with van der Waals surface area (Å²) in [5.41, 5.74) is 17.7. The summed E-state index contributed by atoms with van der Waals surface area (Å²) in [7, 11) is 0. The molecule has 0 radical (unpaired) electrons. The Morgan fingerprint density at radius 1 is 0.351 bits per heavy atom. The Balaban J connectivity index is 1.02. The van der Waals surface area contributed by atoms with Crippen LogP contribution in [-0.2, 0) is 0 Å². The molecule has 0 spiro atoms. The topological polar surface area (TPSA) is 4.93 Å². The van der Waals surface area contributed by atoms with E-state index < -0.39 is 0 Å². The highest BCUT2D eigenvalue weighted by molar-refractivity contribution is 7.26. The highest BCUT2D eigenvalue weighted by Crippen LogP contribution is 2.50. The normalized spacial score (nSPS) is 13.4. The van der Waals surface area contributed by atoms with E-state index in [9.17, 15) is 0 Å². The van der Waals surface area contributed by atoms with Crippen LogP contribution in [-0.4, -0.2) is 4.57 Å². The Kier molecular flexibility index (Phi) is 7.23. The second-order valence-electron chi connectivity index (χ2n) is 15.2. The quantitative estimate of drug-likeness (QED) is 0.166. The number of hydrogen-bond donors (Lipinski definition) is 0. The van der Waals surface area contributed by atoms with Gasteiger partial charge in [-0.1, -0.05) is 158 Å². The fraction of sp³-hybridized carbons (Fsp3) is 0.0182. The number of fused-ring (bicyclic) bond motifs is 10. The van der Waals surface area contributed by atoms with Crippen LogP contribution in [0.1, 0.15) is 22.6 Å². The summed E-state index contributed by atoms with van der Waals surface area (Å²) in [5, 5.41) is 5.27. The molecule has 9 aromatic carbocycles. The van der Waals surface area contributed by atoms with Gasteiger partial charge >= 0.3 is 0 Å². The van der Waals surface area contributed by atoms with Crippen LogP contribution in [0, 0.1) is 0 Å². The summed E-state index contributed by atoms with van der Waals surface area (Å²) in [6, 6.07) is 76.3. The zero-order valence-electron chi connectivity index (χ0n) is 31.1. The maximum absolute atomic E-state index is 2.46. The van der Waals surface area contributed by atoms with Crippen molar-refractivity contribution in [2.45, 2.75) is 5.92 Å². The van der Waals surface area contributed by atoms with Crippen molar-refractivity contribution in [3.05, 3.63) is 223 Å². The lowest BCUT2D eigenvalue weighted by Crippen LogP contribution is -1.99. The average Bonchev–Trinajstić information content (AvgIpc) is 3.94. The molecule has 0 bridgehead atoms. The number of rotatable bonds is 5. The van der Waals surface area contributed by atoms with Crippen molar-refractivity contribution in [1.82, 2.24) is 4.57 Å². The highest BCUT2D eigenvalue weighted by Gasteiger charge is 2.30. The van der Waals surface area contributed by atoms with E-state index in [1.54, 1.807) is 0 Å². The van der Waals surface area contributed by atoms with Gasteiger partial charge in [0.15, 0.2) is 0 Å². The third-order valence-corrected chi connectivity index (χ3v) is 13.2. The first kappa shape index (κ1) is 32.3. The zero-order valence-corrected chi connectivity index (χ0v) is 31.9. The number of thiophene rings is 1. The zero-order chi connectivity index (χ0) is 37.5. The molecule has 1 aliphatic carbocycles. The van der Waals surface area contributed by atoms with Crippen molar-refractivity contribution in [3.63, 3.8) is 0 Å². The molecule has 2 aromatic heterocycles. The van der Waals surface area contributed by atoms with Gasteiger partial charge < -0.3 is 4.57 Å². The Bertz CT molecular complexity index is 3310. The minimum absolute atomic E-state index is 0.198. The molecule has 2 heterocycles. The van der Waals surface area contributed by atoms with Gasteiger partial charge in [0, 0.05) is 42.6 Å². The van der Waals surface area contributed by atoms with Crippen molar-refractivity contribution in [1.29, 1.82) is 0 Å². The summed E-state index contributed by atoms with van der Waals surface area (Å²) < 4.78 is 5.11. The van der Waals surface area contributed by atoms with Crippen LogP contribution >= 0.6 is 11.3 Å². The molecule has 0 saturated heterocycles. The molecule has 57 heavy (non-hydrogen) atoms. The summed E-state index contributed by atoms with van der Waals surface area (Å²) in [4.78, 5) is 0. The van der Waals surface area contributed by atoms with E-state index in [2.05, 4.69) is 211 Å². The molecule has 0 fully saturated rings. The smallest absolute Gasteiger partial charge is 0.0548 e. The molecule has 1 aliphatic rings. The predicted molar refractivity (Wildman–Crippen MR) is 243 cm³/mol. The Hall–Kier alpha value is -7.00. The molecule has 2 heteroatoms. The van der Waals surface area contributed by atoms with Crippen LogP contribution in [0.3, 0.4) is 0 Å². The van der Waals surface area contributed by atoms with E-state index >= 15 is 0 Å². The maximum atomic E-state index is 2.46. The Morgan fingerprint density at radius 2 is 0.930 bits per heavy atom. The molecule has 1 atom stereocenters. The minimum atomic E-state index is 0.198. The first-order valence-electron chi connectivity index (χ1n) is 19.7. The second kappa shape index (κ2) is 12.8. The van der Waals surface area contributed by atoms with Crippen LogP contribution < -0.4 is 0 Å². The number of benzene rings is 9. The third-order valence-electron chi connectivity index (χ3n) is 12.1. The van der Waals surface area contributed by atoms with Gasteiger partial charge in [-0.15, -0.1) is 11.3 Å². The van der Waals surface area contributed by atoms with E-state index in [4.69, 9.17) is 0 Å². The lowest BCUT2D eigenvalue weighted by atomic mass is 9.88. The van der Waals surface area contributed by atoms with Crippen LogP contribution in [0.5, 0.6) is 0 Å². The fourth-order valence-electron chi connectivity index (χ4n) is 9.46. The summed E-state index contributed by atoms with van der Waals surface area (Å²) in [6.07, 6.45) is 0. The van der Waals surface area contributed by atoms with E-state index in [0.717, 1.165) is 0 Å². The van der Waals surface area contributed by atoms with E-state index in [1.807, 2.05) is 11.3 Å².